The molecule has 0 unspecified atom stereocenters. The minimum Gasteiger partial charge on any atom is -0.315 e. The van der Waals surface area contributed by atoms with Crippen LogP contribution < -0.4 is 0 Å². The molecule has 0 aromatic heterocycles. The van der Waals surface area contributed by atoms with Gasteiger partial charge in [-0.15, -0.1) is 5.73 Å². The van der Waals surface area contributed by atoms with E-state index in [1.54, 1.807) is 4.90 Å². The van der Waals surface area contributed by atoms with Crippen LogP contribution in [0.3, 0.4) is 0 Å². The summed E-state index contributed by atoms with van der Waals surface area (Å²) in [5, 5.41) is 0. The molecule has 84 valence electrons. The van der Waals surface area contributed by atoms with Gasteiger partial charge in [-0.25, -0.2) is 0 Å². The van der Waals surface area contributed by atoms with E-state index in [1.807, 2.05) is 19.2 Å². The molecule has 0 N–H and O–H groups in total. The summed E-state index contributed by atoms with van der Waals surface area (Å²) in [7, 11) is 1.86. The minimum atomic E-state index is 0.209. The number of nitrogens with zero attached hydrogens (tertiary/aromatic N) is 1. The monoisotopic (exact) mass is 215 g/mol. The van der Waals surface area contributed by atoms with Crippen molar-refractivity contribution in [2.75, 3.05) is 7.05 Å². The molecular weight excluding hydrogens is 198 g/mol. The van der Waals surface area contributed by atoms with E-state index < -0.39 is 0 Å². The zero-order chi connectivity index (χ0) is 11.5. The molecule has 0 spiro atoms. The first kappa shape index (κ1) is 11.0. The highest BCUT2D eigenvalue weighted by molar-refractivity contribution is 5.81. The third-order valence-corrected chi connectivity index (χ3v) is 3.06. The number of allylic oxidation sites excluding steroid dienone is 4. The first-order chi connectivity index (χ1) is 7.72. The summed E-state index contributed by atoms with van der Waals surface area (Å²) in [5.41, 5.74) is 6.74. The third-order valence-electron chi connectivity index (χ3n) is 3.06. The molecule has 1 amide bonds. The Kier molecular flexibility index (Phi) is 3.12. The van der Waals surface area contributed by atoms with Crippen LogP contribution in [0, 0.1) is 0 Å². The van der Waals surface area contributed by atoms with Gasteiger partial charge in [-0.2, -0.15) is 0 Å². The molecule has 0 radical (unpaired) electrons. The maximum atomic E-state index is 11.6. The van der Waals surface area contributed by atoms with Gasteiger partial charge in [0.2, 0.25) is 5.91 Å². The summed E-state index contributed by atoms with van der Waals surface area (Å²) >= 11 is 0. The highest BCUT2D eigenvalue weighted by Gasteiger charge is 2.21. The van der Waals surface area contributed by atoms with Crippen molar-refractivity contribution in [2.24, 2.45) is 0 Å². The lowest BCUT2D eigenvalue weighted by Crippen LogP contribution is -2.29. The molecule has 1 heterocycles. The van der Waals surface area contributed by atoms with Crippen LogP contribution >= 0.6 is 0 Å². The van der Waals surface area contributed by atoms with E-state index >= 15 is 0 Å². The van der Waals surface area contributed by atoms with Crippen molar-refractivity contribution >= 4 is 5.91 Å². The van der Waals surface area contributed by atoms with Crippen molar-refractivity contribution < 1.29 is 4.79 Å². The van der Waals surface area contributed by atoms with Crippen molar-refractivity contribution in [3.8, 4) is 0 Å². The van der Waals surface area contributed by atoms with Gasteiger partial charge in [0.05, 0.1) is 0 Å². The predicted molar refractivity (Wildman–Crippen MR) is 64.7 cm³/mol. The number of carbonyl (C=O) groups is 1. The van der Waals surface area contributed by atoms with Crippen molar-refractivity contribution in [3.63, 3.8) is 0 Å². The summed E-state index contributed by atoms with van der Waals surface area (Å²) in [4.78, 5) is 13.4. The second-order valence-corrected chi connectivity index (χ2v) is 4.29. The lowest BCUT2D eigenvalue weighted by molar-refractivity contribution is -0.128. The van der Waals surface area contributed by atoms with Gasteiger partial charge in [0.15, 0.2) is 0 Å². The summed E-state index contributed by atoms with van der Waals surface area (Å²) < 4.78 is 0. The van der Waals surface area contributed by atoms with Crippen LogP contribution in [-0.4, -0.2) is 17.9 Å². The molecule has 1 aliphatic carbocycles. The summed E-state index contributed by atoms with van der Waals surface area (Å²) in [6.07, 6.45) is 9.79. The first-order valence-corrected chi connectivity index (χ1v) is 5.85. The van der Waals surface area contributed by atoms with E-state index in [-0.39, 0.29) is 5.91 Å². The van der Waals surface area contributed by atoms with Crippen LogP contribution in [0.25, 0.3) is 0 Å². The van der Waals surface area contributed by atoms with Crippen LogP contribution in [0.1, 0.15) is 32.6 Å². The van der Waals surface area contributed by atoms with Gasteiger partial charge < -0.3 is 4.90 Å². The molecule has 0 atom stereocenters. The maximum Gasteiger partial charge on any atom is 0.227 e. The van der Waals surface area contributed by atoms with Gasteiger partial charge in [0.25, 0.3) is 0 Å². The normalized spacial score (nSPS) is 19.8. The lowest BCUT2D eigenvalue weighted by atomic mass is 10.0. The smallest absolute Gasteiger partial charge is 0.227 e. The van der Waals surface area contributed by atoms with Gasteiger partial charge in [0, 0.05) is 19.2 Å². The van der Waals surface area contributed by atoms with E-state index in [4.69, 9.17) is 0 Å². The Labute approximate surface area is 96.6 Å². The third kappa shape index (κ3) is 2.02. The Morgan fingerprint density at radius 1 is 1.38 bits per heavy atom. The molecular formula is C14H17NO. The summed E-state index contributed by atoms with van der Waals surface area (Å²) in [6.45, 7) is 2.16. The zero-order valence-corrected chi connectivity index (χ0v) is 9.92. The number of rotatable bonds is 2. The van der Waals surface area contributed by atoms with E-state index in [9.17, 15) is 4.79 Å². The fourth-order valence-corrected chi connectivity index (χ4v) is 2.12. The quantitative estimate of drug-likeness (QED) is 0.648. The number of hydrogen-bond donors (Lipinski definition) is 0. The predicted octanol–water partition coefficient (Wildman–Crippen LogP) is 2.94. The molecule has 0 fully saturated rings. The van der Waals surface area contributed by atoms with Gasteiger partial charge in [-0.3, -0.25) is 4.79 Å². The van der Waals surface area contributed by atoms with E-state index in [2.05, 4.69) is 18.7 Å². The Morgan fingerprint density at radius 2 is 2.19 bits per heavy atom. The minimum absolute atomic E-state index is 0.209. The van der Waals surface area contributed by atoms with Crippen LogP contribution in [0.5, 0.6) is 0 Å². The lowest BCUT2D eigenvalue weighted by Gasteiger charge is -2.25. The van der Waals surface area contributed by atoms with Crippen molar-refractivity contribution in [1.29, 1.82) is 0 Å². The maximum absolute atomic E-state index is 11.6. The van der Waals surface area contributed by atoms with E-state index in [0.717, 1.165) is 25.0 Å². The van der Waals surface area contributed by atoms with E-state index in [1.165, 1.54) is 11.1 Å². The first-order valence-electron chi connectivity index (χ1n) is 5.85. The van der Waals surface area contributed by atoms with Crippen LogP contribution in [0.4, 0.5) is 0 Å². The Bertz CT molecular complexity index is 434. The Hall–Kier alpha value is -1.53. The van der Waals surface area contributed by atoms with Crippen molar-refractivity contribution in [3.05, 3.63) is 40.8 Å². The molecule has 2 nitrogen and oxygen atoms in total. The Morgan fingerprint density at radius 3 is 2.94 bits per heavy atom. The molecule has 1 aliphatic heterocycles. The number of likely N-dealkylation sites (N-methyl/N-ethyl adjacent to an activating group) is 1. The van der Waals surface area contributed by atoms with Crippen molar-refractivity contribution in [2.45, 2.75) is 32.6 Å². The standard InChI is InChI=1S/C14H17NO/c1-3-5-11-6-4-7-12-8-9-14(16)15(2)13(12)10-11/h6-7,10H,3,5,8-9H2,1-2H3. The summed E-state index contributed by atoms with van der Waals surface area (Å²) in [6, 6.07) is 0. The molecule has 2 aliphatic rings. The Balaban J connectivity index is 2.39. The largest absolute Gasteiger partial charge is 0.315 e. The number of carbonyl (C=O) groups excluding carboxylic acids is 1. The van der Waals surface area contributed by atoms with Crippen molar-refractivity contribution in [1.82, 2.24) is 4.90 Å². The molecule has 0 bridgehead atoms. The van der Waals surface area contributed by atoms with Gasteiger partial charge >= 0.3 is 0 Å². The highest BCUT2D eigenvalue weighted by Crippen LogP contribution is 2.27. The molecule has 0 aromatic rings. The second-order valence-electron chi connectivity index (χ2n) is 4.29. The number of amides is 1. The summed E-state index contributed by atoms with van der Waals surface area (Å²) in [5.74, 6) is 0.209. The zero-order valence-electron chi connectivity index (χ0n) is 9.92. The van der Waals surface area contributed by atoms with Gasteiger partial charge in [-0.1, -0.05) is 13.3 Å². The molecule has 0 saturated carbocycles. The van der Waals surface area contributed by atoms with Gasteiger partial charge in [-0.05, 0) is 42.2 Å². The fourth-order valence-electron chi connectivity index (χ4n) is 2.12. The highest BCUT2D eigenvalue weighted by atomic mass is 16.2. The van der Waals surface area contributed by atoms with Crippen LogP contribution in [-0.2, 0) is 4.79 Å². The SMILES string of the molecule is CCCC1=CC2=C(C=C=C1)CCC(=O)N2C. The topological polar surface area (TPSA) is 20.3 Å². The molecule has 0 saturated heterocycles. The molecule has 0 aromatic carbocycles. The average molecular weight is 215 g/mol. The molecule has 2 heteroatoms. The second kappa shape index (κ2) is 4.54. The number of hydrogen-bond acceptors (Lipinski definition) is 1. The van der Waals surface area contributed by atoms with Crippen LogP contribution in [0.15, 0.2) is 40.8 Å². The molecule has 16 heavy (non-hydrogen) atoms. The average Bonchev–Trinajstić information content (AvgIpc) is 2.47. The molecule has 2 rings (SSSR count). The fraction of sp³-hybridized carbons (Fsp3) is 0.429. The van der Waals surface area contributed by atoms with Crippen LogP contribution in [0.2, 0.25) is 0 Å². The van der Waals surface area contributed by atoms with Gasteiger partial charge in [0.1, 0.15) is 0 Å². The van der Waals surface area contributed by atoms with E-state index in [0.29, 0.717) is 6.42 Å².